The van der Waals surface area contributed by atoms with Crippen molar-refractivity contribution in [2.45, 2.75) is 44.6 Å². The number of benzene rings is 2. The maximum Gasteiger partial charge on any atom is 0.410 e. The van der Waals surface area contributed by atoms with Gasteiger partial charge in [0.1, 0.15) is 5.60 Å². The van der Waals surface area contributed by atoms with Gasteiger partial charge < -0.3 is 30.1 Å². The largest absolute Gasteiger partial charge is 0.453 e. The average molecular weight is 397 g/mol. The Labute approximate surface area is 170 Å². The van der Waals surface area contributed by atoms with E-state index in [1.807, 2.05) is 74.2 Å². The summed E-state index contributed by atoms with van der Waals surface area (Å²) in [5.41, 5.74) is 7.30. The first-order chi connectivity index (χ1) is 13.7. The molecule has 7 nitrogen and oxygen atoms in total. The molecule has 0 aromatic heterocycles. The molecule has 1 amide bonds. The van der Waals surface area contributed by atoms with E-state index in [0.717, 1.165) is 11.4 Å². The van der Waals surface area contributed by atoms with Gasteiger partial charge in [-0.3, -0.25) is 0 Å². The fraction of sp³-hybridized carbons (Fsp3) is 0.409. The molecule has 3 atom stereocenters. The molecule has 2 aliphatic rings. The maximum atomic E-state index is 12.7. The van der Waals surface area contributed by atoms with Crippen molar-refractivity contribution in [3.63, 3.8) is 0 Å². The highest BCUT2D eigenvalue weighted by Gasteiger charge is 2.43. The van der Waals surface area contributed by atoms with E-state index in [1.165, 1.54) is 0 Å². The molecule has 2 aromatic rings. The van der Waals surface area contributed by atoms with Crippen LogP contribution in [0.4, 0.5) is 16.2 Å². The van der Waals surface area contributed by atoms with E-state index in [1.54, 1.807) is 4.90 Å². The molecule has 154 valence electrons. The third-order valence-corrected chi connectivity index (χ3v) is 5.12. The summed E-state index contributed by atoms with van der Waals surface area (Å²) >= 11 is 0. The van der Waals surface area contributed by atoms with Crippen molar-refractivity contribution in [1.29, 1.82) is 0 Å². The topological polar surface area (TPSA) is 88.3 Å². The fourth-order valence-corrected chi connectivity index (χ4v) is 3.86. The number of ether oxygens (including phenoxy) is 2. The smallest absolute Gasteiger partial charge is 0.410 e. The second-order valence-corrected chi connectivity index (χ2v) is 8.51. The standard InChI is InChI=1S/C22H27N3O4/c1-22(2,3)29-21(27)24-12-14(23)20(26)17(13-24)25-15-8-4-6-10-18(15)28-19-11-7-5-9-16(19)25/h4-11,14,17,20,26H,12-13,23H2,1-3H3/t14?,17-,20-/m1/s1. The molecule has 2 aromatic carbocycles. The van der Waals surface area contributed by atoms with Gasteiger partial charge in [-0.15, -0.1) is 0 Å². The number of nitrogens with zero attached hydrogens (tertiary/aromatic N) is 2. The predicted octanol–water partition coefficient (Wildman–Crippen LogP) is 3.24. The lowest BCUT2D eigenvalue weighted by molar-refractivity contribution is -0.00132. The number of amides is 1. The van der Waals surface area contributed by atoms with E-state index in [9.17, 15) is 9.90 Å². The van der Waals surface area contributed by atoms with Crippen molar-refractivity contribution in [3.05, 3.63) is 48.5 Å². The van der Waals surface area contributed by atoms with Gasteiger partial charge in [-0.25, -0.2) is 4.79 Å². The molecule has 29 heavy (non-hydrogen) atoms. The summed E-state index contributed by atoms with van der Waals surface area (Å²) in [6.07, 6.45) is -1.26. The van der Waals surface area contributed by atoms with Gasteiger partial charge in [0.15, 0.2) is 11.5 Å². The number of para-hydroxylation sites is 4. The van der Waals surface area contributed by atoms with E-state index >= 15 is 0 Å². The van der Waals surface area contributed by atoms with Crippen molar-refractivity contribution < 1.29 is 19.4 Å². The first-order valence-electron chi connectivity index (χ1n) is 9.81. The summed E-state index contributed by atoms with van der Waals surface area (Å²) in [6.45, 7) is 6.01. The molecular formula is C22H27N3O4. The maximum absolute atomic E-state index is 12.7. The van der Waals surface area contributed by atoms with Crippen LogP contribution < -0.4 is 15.4 Å². The fourth-order valence-electron chi connectivity index (χ4n) is 3.86. The Balaban J connectivity index is 1.72. The highest BCUT2D eigenvalue weighted by Crippen LogP contribution is 2.48. The number of aliphatic hydroxyl groups is 1. The Morgan fingerprint density at radius 3 is 2.17 bits per heavy atom. The van der Waals surface area contributed by atoms with Crippen LogP contribution in [0.2, 0.25) is 0 Å². The van der Waals surface area contributed by atoms with Crippen LogP contribution in [-0.4, -0.2) is 53.0 Å². The third kappa shape index (κ3) is 3.75. The predicted molar refractivity (Wildman–Crippen MR) is 111 cm³/mol. The van der Waals surface area contributed by atoms with Gasteiger partial charge in [0.2, 0.25) is 0 Å². The van der Waals surface area contributed by atoms with Gasteiger partial charge in [-0.1, -0.05) is 24.3 Å². The van der Waals surface area contributed by atoms with Gasteiger partial charge in [0.05, 0.1) is 29.6 Å². The Morgan fingerprint density at radius 2 is 1.62 bits per heavy atom. The molecule has 0 aliphatic carbocycles. The molecule has 0 bridgehead atoms. The summed E-state index contributed by atoms with van der Waals surface area (Å²) in [5, 5.41) is 11.0. The molecule has 2 aliphatic heterocycles. The quantitative estimate of drug-likeness (QED) is 0.768. The molecular weight excluding hydrogens is 370 g/mol. The van der Waals surface area contributed by atoms with E-state index < -0.39 is 29.9 Å². The number of hydrogen-bond acceptors (Lipinski definition) is 6. The Kier molecular flexibility index (Phi) is 4.88. The molecule has 7 heteroatoms. The number of likely N-dealkylation sites (tertiary alicyclic amines) is 1. The average Bonchev–Trinajstić information content (AvgIpc) is 2.67. The summed E-state index contributed by atoms with van der Waals surface area (Å²) < 4.78 is 11.6. The number of aliphatic hydroxyl groups excluding tert-OH is 1. The van der Waals surface area contributed by atoms with Crippen LogP contribution in [0.5, 0.6) is 11.5 Å². The van der Waals surface area contributed by atoms with Gasteiger partial charge in [-0.05, 0) is 45.0 Å². The van der Waals surface area contributed by atoms with Crippen LogP contribution in [0, 0.1) is 0 Å². The molecule has 0 radical (unpaired) electrons. The molecule has 4 rings (SSSR count). The van der Waals surface area contributed by atoms with Crippen molar-refractivity contribution in [2.75, 3.05) is 18.0 Å². The number of piperidine rings is 1. The number of rotatable bonds is 1. The molecule has 0 saturated carbocycles. The Morgan fingerprint density at radius 1 is 1.07 bits per heavy atom. The lowest BCUT2D eigenvalue weighted by Crippen LogP contribution is -2.64. The number of hydrogen-bond donors (Lipinski definition) is 2. The van der Waals surface area contributed by atoms with E-state index in [2.05, 4.69) is 0 Å². The highest BCUT2D eigenvalue weighted by atomic mass is 16.6. The minimum Gasteiger partial charge on any atom is -0.453 e. The number of carbonyl (C=O) groups is 1. The van der Waals surface area contributed by atoms with Crippen LogP contribution in [0.25, 0.3) is 0 Å². The number of anilines is 2. The molecule has 1 fully saturated rings. The summed E-state index contributed by atoms with van der Waals surface area (Å²) in [6, 6.07) is 14.3. The molecule has 1 saturated heterocycles. The van der Waals surface area contributed by atoms with Gasteiger partial charge in [0, 0.05) is 13.1 Å². The molecule has 2 heterocycles. The van der Waals surface area contributed by atoms with Crippen molar-refractivity contribution in [1.82, 2.24) is 4.90 Å². The van der Waals surface area contributed by atoms with Crippen LogP contribution in [0.1, 0.15) is 20.8 Å². The Hall–Kier alpha value is -2.77. The first-order valence-corrected chi connectivity index (χ1v) is 9.81. The minimum atomic E-state index is -0.826. The Bertz CT molecular complexity index is 865. The highest BCUT2D eigenvalue weighted by molar-refractivity contribution is 5.79. The van der Waals surface area contributed by atoms with Crippen LogP contribution in [0.15, 0.2) is 48.5 Å². The van der Waals surface area contributed by atoms with Crippen molar-refractivity contribution in [2.24, 2.45) is 5.73 Å². The van der Waals surface area contributed by atoms with Gasteiger partial charge >= 0.3 is 6.09 Å². The number of carbonyl (C=O) groups excluding carboxylic acids is 1. The number of fused-ring (bicyclic) bond motifs is 2. The normalized spacial score (nSPS) is 23.7. The van der Waals surface area contributed by atoms with Crippen molar-refractivity contribution in [3.8, 4) is 11.5 Å². The zero-order chi connectivity index (χ0) is 20.8. The SMILES string of the molecule is CC(C)(C)OC(=O)N1CC(N)[C@@H](O)[C@H](N2c3ccccc3Oc3ccccc32)C1. The third-order valence-electron chi connectivity index (χ3n) is 5.12. The molecule has 0 spiro atoms. The molecule has 3 N–H and O–H groups in total. The summed E-state index contributed by atoms with van der Waals surface area (Å²) in [7, 11) is 0. The van der Waals surface area contributed by atoms with E-state index in [0.29, 0.717) is 11.5 Å². The van der Waals surface area contributed by atoms with E-state index in [-0.39, 0.29) is 13.1 Å². The molecule has 1 unspecified atom stereocenters. The van der Waals surface area contributed by atoms with Crippen molar-refractivity contribution >= 4 is 17.5 Å². The lowest BCUT2D eigenvalue weighted by Gasteiger charge is -2.47. The second kappa shape index (κ2) is 7.24. The van der Waals surface area contributed by atoms with Crippen LogP contribution in [-0.2, 0) is 4.74 Å². The first kappa shape index (κ1) is 19.5. The number of nitrogens with two attached hydrogens (primary N) is 1. The summed E-state index contributed by atoms with van der Waals surface area (Å²) in [4.78, 5) is 16.3. The second-order valence-electron chi connectivity index (χ2n) is 8.51. The van der Waals surface area contributed by atoms with Gasteiger partial charge in [-0.2, -0.15) is 0 Å². The van der Waals surface area contributed by atoms with Gasteiger partial charge in [0.25, 0.3) is 0 Å². The van der Waals surface area contributed by atoms with Crippen LogP contribution >= 0.6 is 0 Å². The van der Waals surface area contributed by atoms with Crippen LogP contribution in [0.3, 0.4) is 0 Å². The minimum absolute atomic E-state index is 0.236. The van der Waals surface area contributed by atoms with E-state index in [4.69, 9.17) is 15.2 Å². The monoisotopic (exact) mass is 397 g/mol. The lowest BCUT2D eigenvalue weighted by atomic mass is 9.94. The summed E-state index contributed by atoms with van der Waals surface area (Å²) in [5.74, 6) is 1.39. The zero-order valence-electron chi connectivity index (χ0n) is 16.9. The zero-order valence-corrected chi connectivity index (χ0v) is 16.9.